The van der Waals surface area contributed by atoms with E-state index in [9.17, 15) is 4.79 Å². The lowest BCUT2D eigenvalue weighted by Gasteiger charge is -2.10. The van der Waals surface area contributed by atoms with Gasteiger partial charge in [0.2, 0.25) is 0 Å². The van der Waals surface area contributed by atoms with Crippen molar-refractivity contribution >= 4 is 33.3 Å². The molecule has 0 saturated carbocycles. The Morgan fingerprint density at radius 3 is 2.79 bits per heavy atom. The van der Waals surface area contributed by atoms with Gasteiger partial charge in [-0.05, 0) is 33.3 Å². The topological polar surface area (TPSA) is 58.7 Å². The van der Waals surface area contributed by atoms with Gasteiger partial charge in [-0.15, -0.1) is 11.3 Å². The Morgan fingerprint density at radius 2 is 2.21 bits per heavy atom. The lowest BCUT2D eigenvalue weighted by atomic mass is 10.2. The van der Waals surface area contributed by atoms with Gasteiger partial charge in [-0.1, -0.05) is 11.8 Å². The van der Waals surface area contributed by atoms with Crippen molar-refractivity contribution in [2.75, 3.05) is 0 Å². The van der Waals surface area contributed by atoms with E-state index in [0.717, 1.165) is 20.7 Å². The average Bonchev–Trinajstić information content (AvgIpc) is 2.65. The van der Waals surface area contributed by atoms with Crippen LogP contribution < -0.4 is 5.56 Å². The molecule has 2 heterocycles. The minimum Gasteiger partial charge on any atom is -0.287 e. The van der Waals surface area contributed by atoms with Crippen LogP contribution in [-0.2, 0) is 6.54 Å². The highest BCUT2D eigenvalue weighted by molar-refractivity contribution is 8.00. The van der Waals surface area contributed by atoms with E-state index in [1.807, 2.05) is 27.7 Å². The fourth-order valence-corrected chi connectivity index (χ4v) is 3.79. The Bertz CT molecular complexity index is 724. The largest absolute Gasteiger partial charge is 0.287 e. The summed E-state index contributed by atoms with van der Waals surface area (Å²) < 4.78 is 1.65. The summed E-state index contributed by atoms with van der Waals surface area (Å²) in [6.45, 7) is 8.26. The van der Waals surface area contributed by atoms with E-state index in [4.69, 9.17) is 5.26 Å². The van der Waals surface area contributed by atoms with Gasteiger partial charge in [-0.3, -0.25) is 9.36 Å². The average molecular weight is 293 g/mol. The molecule has 1 atom stereocenters. The second-order valence-electron chi connectivity index (χ2n) is 4.30. The number of hydrogen-bond donors (Lipinski definition) is 0. The Hall–Kier alpha value is -1.32. The first kappa shape index (κ1) is 14.1. The molecule has 19 heavy (non-hydrogen) atoms. The molecular weight excluding hydrogens is 278 g/mol. The van der Waals surface area contributed by atoms with Crippen LogP contribution in [0.25, 0.3) is 10.2 Å². The second kappa shape index (κ2) is 5.35. The molecule has 0 aromatic carbocycles. The lowest BCUT2D eigenvalue weighted by molar-refractivity contribution is 0.635. The normalized spacial score (nSPS) is 12.6. The van der Waals surface area contributed by atoms with Gasteiger partial charge in [-0.2, -0.15) is 5.26 Å². The van der Waals surface area contributed by atoms with Crippen LogP contribution in [-0.4, -0.2) is 14.8 Å². The van der Waals surface area contributed by atoms with Gasteiger partial charge >= 0.3 is 0 Å². The number of nitrogens with zero attached hydrogens (tertiary/aromatic N) is 3. The smallest absolute Gasteiger partial charge is 0.263 e. The van der Waals surface area contributed by atoms with E-state index in [-0.39, 0.29) is 10.8 Å². The number of thiophene rings is 1. The summed E-state index contributed by atoms with van der Waals surface area (Å²) >= 11 is 2.88. The second-order valence-corrected chi connectivity index (χ2v) is 6.81. The van der Waals surface area contributed by atoms with E-state index in [0.29, 0.717) is 11.7 Å². The maximum atomic E-state index is 12.5. The van der Waals surface area contributed by atoms with Crippen molar-refractivity contribution in [1.29, 1.82) is 5.26 Å². The Labute approximate surface area is 120 Å². The van der Waals surface area contributed by atoms with Crippen LogP contribution in [0.1, 0.15) is 24.3 Å². The standard InChI is InChI=1S/C13H15N3OS2/c1-5-16-12(17)10-8(3)9(4)19-11(10)15-13(16)18-7(2)6-14/h7H,5H2,1-4H3/t7-/m0/s1. The monoisotopic (exact) mass is 293 g/mol. The number of hydrogen-bond acceptors (Lipinski definition) is 5. The van der Waals surface area contributed by atoms with Gasteiger partial charge in [-0.25, -0.2) is 4.98 Å². The molecule has 2 aromatic heterocycles. The van der Waals surface area contributed by atoms with E-state index >= 15 is 0 Å². The highest BCUT2D eigenvalue weighted by atomic mass is 32.2. The molecule has 0 saturated heterocycles. The van der Waals surface area contributed by atoms with E-state index in [2.05, 4.69) is 11.1 Å². The van der Waals surface area contributed by atoms with Crippen LogP contribution in [0, 0.1) is 25.2 Å². The minimum absolute atomic E-state index is 0.00184. The van der Waals surface area contributed by atoms with Crippen molar-refractivity contribution < 1.29 is 0 Å². The zero-order valence-electron chi connectivity index (χ0n) is 11.4. The fraction of sp³-hybridized carbons (Fsp3) is 0.462. The number of fused-ring (bicyclic) bond motifs is 1. The highest BCUT2D eigenvalue weighted by Gasteiger charge is 2.17. The van der Waals surface area contributed by atoms with Crippen LogP contribution in [0.3, 0.4) is 0 Å². The predicted octanol–water partition coefficient (Wildman–Crippen LogP) is 3.10. The maximum absolute atomic E-state index is 12.5. The lowest BCUT2D eigenvalue weighted by Crippen LogP contribution is -2.22. The van der Waals surface area contributed by atoms with Crippen molar-refractivity contribution in [2.45, 2.75) is 44.6 Å². The molecule has 0 aliphatic carbocycles. The zero-order chi connectivity index (χ0) is 14.2. The number of thioether (sulfide) groups is 1. The van der Waals surface area contributed by atoms with Crippen LogP contribution in [0.2, 0.25) is 0 Å². The first-order valence-electron chi connectivity index (χ1n) is 6.06. The van der Waals surface area contributed by atoms with Gasteiger partial charge in [0, 0.05) is 11.4 Å². The SMILES string of the molecule is CCn1c(S[C@@H](C)C#N)nc2sc(C)c(C)c2c1=O. The first-order chi connectivity index (χ1) is 8.99. The van der Waals surface area contributed by atoms with Crippen molar-refractivity contribution in [3.8, 4) is 6.07 Å². The maximum Gasteiger partial charge on any atom is 0.263 e. The summed E-state index contributed by atoms with van der Waals surface area (Å²) in [4.78, 5) is 19.0. The molecule has 100 valence electrons. The van der Waals surface area contributed by atoms with Crippen LogP contribution in [0.5, 0.6) is 0 Å². The molecule has 0 spiro atoms. The number of aromatic nitrogens is 2. The van der Waals surface area contributed by atoms with Crippen molar-refractivity contribution in [2.24, 2.45) is 0 Å². The molecule has 0 amide bonds. The quantitative estimate of drug-likeness (QED) is 0.644. The molecule has 4 nitrogen and oxygen atoms in total. The Balaban J connectivity index is 2.73. The molecule has 0 aliphatic heterocycles. The molecule has 2 aromatic rings. The van der Waals surface area contributed by atoms with Crippen molar-refractivity contribution in [3.63, 3.8) is 0 Å². The van der Waals surface area contributed by atoms with Crippen LogP contribution >= 0.6 is 23.1 Å². The van der Waals surface area contributed by atoms with Crippen LogP contribution in [0.4, 0.5) is 0 Å². The van der Waals surface area contributed by atoms with Crippen LogP contribution in [0.15, 0.2) is 9.95 Å². The molecule has 0 radical (unpaired) electrons. The van der Waals surface area contributed by atoms with E-state index < -0.39 is 0 Å². The van der Waals surface area contributed by atoms with Gasteiger partial charge in [0.15, 0.2) is 5.16 Å². The third kappa shape index (κ3) is 2.40. The molecule has 6 heteroatoms. The highest BCUT2D eigenvalue weighted by Crippen LogP contribution is 2.29. The van der Waals surface area contributed by atoms with Crippen molar-refractivity contribution in [1.82, 2.24) is 9.55 Å². The summed E-state index contributed by atoms with van der Waals surface area (Å²) in [6, 6.07) is 2.16. The summed E-state index contributed by atoms with van der Waals surface area (Å²) in [5, 5.41) is 10.0. The third-order valence-corrected chi connectivity index (χ3v) is 5.12. The third-order valence-electron chi connectivity index (χ3n) is 3.03. The zero-order valence-corrected chi connectivity index (χ0v) is 13.0. The summed E-state index contributed by atoms with van der Waals surface area (Å²) in [5.41, 5.74) is 1.02. The molecule has 0 fully saturated rings. The van der Waals surface area contributed by atoms with Gasteiger partial charge < -0.3 is 0 Å². The molecule has 0 N–H and O–H groups in total. The summed E-state index contributed by atoms with van der Waals surface area (Å²) in [7, 11) is 0. The predicted molar refractivity (Wildman–Crippen MR) is 80.0 cm³/mol. The fourth-order valence-electron chi connectivity index (χ4n) is 1.86. The molecular formula is C13H15N3OS2. The minimum atomic E-state index is -0.218. The molecule has 2 rings (SSSR count). The number of nitriles is 1. The van der Waals surface area contributed by atoms with Gasteiger partial charge in [0.1, 0.15) is 4.83 Å². The molecule has 0 unspecified atom stereocenters. The number of rotatable bonds is 3. The van der Waals surface area contributed by atoms with E-state index in [1.165, 1.54) is 11.8 Å². The number of aryl methyl sites for hydroxylation is 2. The Morgan fingerprint density at radius 1 is 1.53 bits per heavy atom. The molecule has 0 bridgehead atoms. The van der Waals surface area contributed by atoms with E-state index in [1.54, 1.807) is 15.9 Å². The van der Waals surface area contributed by atoms with Gasteiger partial charge in [0.05, 0.1) is 16.7 Å². The first-order valence-corrected chi connectivity index (χ1v) is 7.76. The summed E-state index contributed by atoms with van der Waals surface area (Å²) in [6.07, 6.45) is 0. The summed E-state index contributed by atoms with van der Waals surface area (Å²) in [5.74, 6) is 0. The Kier molecular flexibility index (Phi) is 3.97. The van der Waals surface area contributed by atoms with Gasteiger partial charge in [0.25, 0.3) is 5.56 Å². The van der Waals surface area contributed by atoms with Crippen molar-refractivity contribution in [3.05, 3.63) is 20.8 Å². The molecule has 0 aliphatic rings.